The highest BCUT2D eigenvalue weighted by Crippen LogP contribution is 2.17. The molecule has 0 amide bonds. The van der Waals surface area contributed by atoms with Gasteiger partial charge in [-0.2, -0.15) is 0 Å². The van der Waals surface area contributed by atoms with Crippen LogP contribution >= 0.6 is 0 Å². The minimum absolute atomic E-state index is 0.741. The van der Waals surface area contributed by atoms with E-state index in [9.17, 15) is 0 Å². The lowest BCUT2D eigenvalue weighted by molar-refractivity contribution is 0.413. The van der Waals surface area contributed by atoms with Crippen molar-refractivity contribution >= 4 is 11.0 Å². The van der Waals surface area contributed by atoms with Gasteiger partial charge in [-0.1, -0.05) is 0 Å². The van der Waals surface area contributed by atoms with Crippen molar-refractivity contribution < 1.29 is 4.74 Å². The molecule has 0 N–H and O–H groups in total. The zero-order chi connectivity index (χ0) is 9.26. The summed E-state index contributed by atoms with van der Waals surface area (Å²) in [6.07, 6.45) is 3.48. The monoisotopic (exact) mass is 174 g/mol. The van der Waals surface area contributed by atoms with Gasteiger partial charge in [0.2, 0.25) is 0 Å². The maximum Gasteiger partial charge on any atom is 0.139 e. The van der Waals surface area contributed by atoms with Crippen molar-refractivity contribution in [2.45, 2.75) is 6.92 Å². The Hall–Kier alpha value is -1.64. The molecule has 0 spiro atoms. The topological polar surface area (TPSA) is 35.0 Å². The van der Waals surface area contributed by atoms with Gasteiger partial charge >= 0.3 is 0 Å². The van der Waals surface area contributed by atoms with Crippen LogP contribution in [0.3, 0.4) is 0 Å². The van der Waals surface area contributed by atoms with E-state index in [0.29, 0.717) is 0 Å². The molecule has 3 heteroatoms. The van der Waals surface area contributed by atoms with Crippen LogP contribution in [0.25, 0.3) is 11.0 Å². The molecule has 66 valence electrons. The molecule has 2 aromatic rings. The summed E-state index contributed by atoms with van der Waals surface area (Å²) in [4.78, 5) is 8.47. The van der Waals surface area contributed by atoms with Gasteiger partial charge in [-0.25, -0.2) is 0 Å². The molecule has 3 nitrogen and oxygen atoms in total. The summed E-state index contributed by atoms with van der Waals surface area (Å²) in [6.45, 7) is 2.02. The van der Waals surface area contributed by atoms with Crippen LogP contribution in [-0.2, 0) is 0 Å². The predicted molar refractivity (Wildman–Crippen MR) is 50.8 cm³/mol. The molecule has 0 aliphatic heterocycles. The lowest BCUT2D eigenvalue weighted by Gasteiger charge is -2.02. The SMILES string of the molecule is COc1cnc2c(C)ccnc2c1. The number of hydrogen-bond donors (Lipinski definition) is 0. The molecule has 0 saturated carbocycles. The number of aromatic nitrogens is 2. The first-order chi connectivity index (χ1) is 6.31. The van der Waals surface area contributed by atoms with Gasteiger partial charge in [-0.3, -0.25) is 9.97 Å². The van der Waals surface area contributed by atoms with E-state index in [1.807, 2.05) is 19.1 Å². The number of methoxy groups -OCH3 is 1. The molecule has 0 fully saturated rings. The average Bonchev–Trinajstić information content (AvgIpc) is 2.18. The summed E-state index contributed by atoms with van der Waals surface area (Å²) >= 11 is 0. The summed E-state index contributed by atoms with van der Waals surface area (Å²) in [5.41, 5.74) is 2.94. The molecule has 2 heterocycles. The zero-order valence-corrected chi connectivity index (χ0v) is 7.61. The minimum atomic E-state index is 0.741. The quantitative estimate of drug-likeness (QED) is 0.662. The first-order valence-electron chi connectivity index (χ1n) is 4.06. The van der Waals surface area contributed by atoms with Gasteiger partial charge in [0.15, 0.2) is 0 Å². The number of rotatable bonds is 1. The van der Waals surface area contributed by atoms with E-state index in [0.717, 1.165) is 22.3 Å². The normalized spacial score (nSPS) is 10.3. The van der Waals surface area contributed by atoms with Gasteiger partial charge in [0, 0.05) is 12.3 Å². The Morgan fingerprint density at radius 1 is 1.31 bits per heavy atom. The second-order valence-electron chi connectivity index (χ2n) is 2.87. The van der Waals surface area contributed by atoms with Gasteiger partial charge in [0.1, 0.15) is 5.75 Å². The van der Waals surface area contributed by atoms with Crippen molar-refractivity contribution in [1.82, 2.24) is 9.97 Å². The maximum atomic E-state index is 5.06. The van der Waals surface area contributed by atoms with Crippen LogP contribution < -0.4 is 4.74 Å². The molecule has 2 rings (SSSR count). The Morgan fingerprint density at radius 2 is 2.15 bits per heavy atom. The van der Waals surface area contributed by atoms with Crippen molar-refractivity contribution in [3.63, 3.8) is 0 Å². The average molecular weight is 174 g/mol. The largest absolute Gasteiger partial charge is 0.495 e. The summed E-state index contributed by atoms with van der Waals surface area (Å²) < 4.78 is 5.06. The molecule has 0 aromatic carbocycles. The highest BCUT2D eigenvalue weighted by Gasteiger charge is 2.00. The van der Waals surface area contributed by atoms with E-state index in [-0.39, 0.29) is 0 Å². The second kappa shape index (κ2) is 3.01. The molecule has 0 bridgehead atoms. The number of ether oxygens (including phenoxy) is 1. The molecule has 0 atom stereocenters. The van der Waals surface area contributed by atoms with E-state index >= 15 is 0 Å². The Kier molecular flexibility index (Phi) is 1.85. The van der Waals surface area contributed by atoms with Gasteiger partial charge in [0.05, 0.1) is 24.3 Å². The van der Waals surface area contributed by atoms with Crippen molar-refractivity contribution in [3.05, 3.63) is 30.1 Å². The number of nitrogens with zero attached hydrogens (tertiary/aromatic N) is 2. The van der Waals surface area contributed by atoms with E-state index < -0.39 is 0 Å². The zero-order valence-electron chi connectivity index (χ0n) is 7.61. The Bertz CT molecular complexity index is 440. The van der Waals surface area contributed by atoms with Crippen molar-refractivity contribution in [3.8, 4) is 5.75 Å². The van der Waals surface area contributed by atoms with Crippen LogP contribution in [0.15, 0.2) is 24.5 Å². The van der Waals surface area contributed by atoms with E-state index in [1.165, 1.54) is 0 Å². The van der Waals surface area contributed by atoms with Gasteiger partial charge in [0.25, 0.3) is 0 Å². The Balaban J connectivity index is 2.72. The van der Waals surface area contributed by atoms with Crippen molar-refractivity contribution in [1.29, 1.82) is 0 Å². The number of aryl methyl sites for hydroxylation is 1. The predicted octanol–water partition coefficient (Wildman–Crippen LogP) is 1.95. The third-order valence-electron chi connectivity index (χ3n) is 1.99. The van der Waals surface area contributed by atoms with Crippen LogP contribution in [-0.4, -0.2) is 17.1 Å². The third-order valence-corrected chi connectivity index (χ3v) is 1.99. The molecule has 2 aromatic heterocycles. The molecule has 0 saturated heterocycles. The van der Waals surface area contributed by atoms with E-state index in [1.54, 1.807) is 19.5 Å². The Morgan fingerprint density at radius 3 is 2.92 bits per heavy atom. The third kappa shape index (κ3) is 1.33. The fourth-order valence-electron chi connectivity index (χ4n) is 1.26. The molecule has 0 aliphatic rings. The molecule has 0 radical (unpaired) electrons. The van der Waals surface area contributed by atoms with Crippen LogP contribution in [0.2, 0.25) is 0 Å². The Labute approximate surface area is 76.4 Å². The number of pyridine rings is 2. The van der Waals surface area contributed by atoms with Gasteiger partial charge in [-0.15, -0.1) is 0 Å². The molecule has 13 heavy (non-hydrogen) atoms. The lowest BCUT2D eigenvalue weighted by atomic mass is 10.2. The fraction of sp³-hybridized carbons (Fsp3) is 0.200. The van der Waals surface area contributed by atoms with Crippen LogP contribution in [0.4, 0.5) is 0 Å². The molecule has 0 unspecified atom stereocenters. The smallest absolute Gasteiger partial charge is 0.139 e. The molecular weight excluding hydrogens is 164 g/mol. The highest BCUT2D eigenvalue weighted by atomic mass is 16.5. The summed E-state index contributed by atoms with van der Waals surface area (Å²) in [6, 6.07) is 3.83. The standard InChI is InChI=1S/C10H10N2O/c1-7-3-4-11-9-5-8(13-2)6-12-10(7)9/h3-6H,1-2H3. The molecule has 0 aliphatic carbocycles. The number of hydrogen-bond acceptors (Lipinski definition) is 3. The van der Waals surface area contributed by atoms with E-state index in [2.05, 4.69) is 9.97 Å². The number of fused-ring (bicyclic) bond motifs is 1. The van der Waals surface area contributed by atoms with Crippen LogP contribution in [0.1, 0.15) is 5.56 Å². The first-order valence-corrected chi connectivity index (χ1v) is 4.06. The van der Waals surface area contributed by atoms with Crippen molar-refractivity contribution in [2.75, 3.05) is 7.11 Å². The lowest BCUT2D eigenvalue weighted by Crippen LogP contribution is -1.89. The fourth-order valence-corrected chi connectivity index (χ4v) is 1.26. The first kappa shape index (κ1) is 7.98. The van der Waals surface area contributed by atoms with Crippen molar-refractivity contribution in [2.24, 2.45) is 0 Å². The highest BCUT2D eigenvalue weighted by molar-refractivity contribution is 5.78. The van der Waals surface area contributed by atoms with Crippen LogP contribution in [0, 0.1) is 6.92 Å². The van der Waals surface area contributed by atoms with Gasteiger partial charge < -0.3 is 4.74 Å². The van der Waals surface area contributed by atoms with E-state index in [4.69, 9.17) is 4.74 Å². The van der Waals surface area contributed by atoms with Crippen LogP contribution in [0.5, 0.6) is 5.75 Å². The maximum absolute atomic E-state index is 5.06. The second-order valence-corrected chi connectivity index (χ2v) is 2.87. The summed E-state index contributed by atoms with van der Waals surface area (Å²) in [7, 11) is 1.62. The summed E-state index contributed by atoms with van der Waals surface area (Å²) in [5, 5.41) is 0. The summed E-state index contributed by atoms with van der Waals surface area (Å²) in [5.74, 6) is 0.741. The molecular formula is C10H10N2O. The van der Waals surface area contributed by atoms with Gasteiger partial charge in [-0.05, 0) is 18.6 Å². The minimum Gasteiger partial charge on any atom is -0.495 e.